The molecule has 0 aromatic heterocycles. The number of anilines is 3. The molecule has 0 atom stereocenters. The molecule has 0 bridgehead atoms. The van der Waals surface area contributed by atoms with Gasteiger partial charge in [-0.05, 0) is 48.9 Å². The number of nitrogens with one attached hydrogen (secondary N) is 3. The van der Waals surface area contributed by atoms with Crippen molar-refractivity contribution in [3.05, 3.63) is 78.9 Å². The van der Waals surface area contributed by atoms with Gasteiger partial charge in [0.05, 0.1) is 12.2 Å². The molecule has 0 aliphatic carbocycles. The summed E-state index contributed by atoms with van der Waals surface area (Å²) in [5, 5.41) is 8.86. The maximum atomic E-state index is 12.5. The second-order valence-corrected chi connectivity index (χ2v) is 7.99. The predicted molar refractivity (Wildman–Crippen MR) is 140 cm³/mol. The normalized spacial score (nSPS) is 10.3. The Balaban J connectivity index is 1.44. The van der Waals surface area contributed by atoms with Crippen LogP contribution in [0.1, 0.15) is 32.6 Å². The van der Waals surface area contributed by atoms with E-state index in [1.165, 1.54) is 0 Å². The van der Waals surface area contributed by atoms with E-state index in [4.69, 9.17) is 9.47 Å². The van der Waals surface area contributed by atoms with Crippen LogP contribution < -0.4 is 25.4 Å². The van der Waals surface area contributed by atoms with Crippen molar-refractivity contribution >= 4 is 28.9 Å². The highest BCUT2D eigenvalue weighted by molar-refractivity contribution is 5.95. The zero-order valence-electron chi connectivity index (χ0n) is 20.1. The Bertz CT molecular complexity index is 1070. The fourth-order valence-corrected chi connectivity index (χ4v) is 3.38. The molecule has 2 amide bonds. The molecule has 0 unspecified atom stereocenters. The minimum absolute atomic E-state index is 0.0191. The first kappa shape index (κ1) is 25.6. The largest absolute Gasteiger partial charge is 0.490 e. The molecule has 0 radical (unpaired) electrons. The Hall–Kier alpha value is -4.00. The van der Waals surface area contributed by atoms with Crippen LogP contribution in [-0.2, 0) is 9.59 Å². The van der Waals surface area contributed by atoms with Gasteiger partial charge in [-0.1, -0.05) is 56.2 Å². The number of ether oxygens (including phenoxy) is 2. The third kappa shape index (κ3) is 9.41. The van der Waals surface area contributed by atoms with Crippen LogP contribution >= 0.6 is 0 Å². The Kier molecular flexibility index (Phi) is 10.5. The molecule has 3 aromatic rings. The zero-order valence-corrected chi connectivity index (χ0v) is 20.1. The number of hydrogen-bond acceptors (Lipinski definition) is 5. The summed E-state index contributed by atoms with van der Waals surface area (Å²) >= 11 is 0. The summed E-state index contributed by atoms with van der Waals surface area (Å²) in [6.45, 7) is 2.95. The molecule has 0 aliphatic heterocycles. The van der Waals surface area contributed by atoms with E-state index in [-0.39, 0.29) is 18.4 Å². The number of amides is 2. The molecule has 0 fully saturated rings. The highest BCUT2D eigenvalue weighted by atomic mass is 16.5. The molecule has 35 heavy (non-hydrogen) atoms. The van der Waals surface area contributed by atoms with Gasteiger partial charge in [0, 0.05) is 17.8 Å². The quantitative estimate of drug-likeness (QED) is 0.260. The molecule has 7 heteroatoms. The first-order valence-electron chi connectivity index (χ1n) is 12.0. The summed E-state index contributed by atoms with van der Waals surface area (Å²) < 4.78 is 11.5. The highest BCUT2D eigenvalue weighted by Crippen LogP contribution is 2.23. The van der Waals surface area contributed by atoms with Crippen LogP contribution in [0.5, 0.6) is 11.5 Å². The number of benzene rings is 3. The van der Waals surface area contributed by atoms with Gasteiger partial charge in [-0.3, -0.25) is 9.59 Å². The fourth-order valence-electron chi connectivity index (χ4n) is 3.38. The smallest absolute Gasteiger partial charge is 0.243 e. The van der Waals surface area contributed by atoms with Crippen molar-refractivity contribution in [3.8, 4) is 11.5 Å². The molecular weight excluding hydrogens is 442 g/mol. The molecule has 0 spiro atoms. The third-order valence-electron chi connectivity index (χ3n) is 5.12. The van der Waals surface area contributed by atoms with Gasteiger partial charge in [0.2, 0.25) is 11.8 Å². The lowest BCUT2D eigenvalue weighted by molar-refractivity contribution is -0.116. The average Bonchev–Trinajstić information content (AvgIpc) is 2.87. The Morgan fingerprint density at radius 3 is 2.20 bits per heavy atom. The summed E-state index contributed by atoms with van der Waals surface area (Å²) in [6, 6.07) is 24.1. The summed E-state index contributed by atoms with van der Waals surface area (Å²) in [7, 11) is 0. The zero-order chi connectivity index (χ0) is 24.7. The van der Waals surface area contributed by atoms with Crippen LogP contribution in [0.4, 0.5) is 17.1 Å². The van der Waals surface area contributed by atoms with Crippen molar-refractivity contribution in [2.75, 3.05) is 35.7 Å². The van der Waals surface area contributed by atoms with Crippen molar-refractivity contribution in [2.24, 2.45) is 0 Å². The molecule has 0 saturated carbocycles. The van der Waals surface area contributed by atoms with Crippen molar-refractivity contribution in [1.82, 2.24) is 0 Å². The van der Waals surface area contributed by atoms with Gasteiger partial charge in [-0.15, -0.1) is 0 Å². The number of unbranched alkanes of at least 4 members (excludes halogenated alkanes) is 2. The van der Waals surface area contributed by atoms with Gasteiger partial charge >= 0.3 is 0 Å². The van der Waals surface area contributed by atoms with Crippen molar-refractivity contribution in [2.45, 2.75) is 32.6 Å². The van der Waals surface area contributed by atoms with E-state index in [1.54, 1.807) is 24.3 Å². The standard InChI is InChI=1S/C28H33N3O4/c1-2-3-5-17-27(32)30-22-11-10-12-23(20-22)31-28(33)21-29-25-15-8-9-16-26(25)35-19-18-34-24-13-6-4-7-14-24/h4,6-16,20,29H,2-3,5,17-19,21H2,1H3,(H,30,32)(H,31,33). The minimum atomic E-state index is -0.210. The SMILES string of the molecule is CCCCCC(=O)Nc1cccc(NC(=O)CNc2ccccc2OCCOc2ccccc2)c1. The fraction of sp³-hybridized carbons (Fsp3) is 0.286. The second kappa shape index (κ2) is 14.3. The third-order valence-corrected chi connectivity index (χ3v) is 5.12. The lowest BCUT2D eigenvalue weighted by Crippen LogP contribution is -2.22. The molecule has 3 N–H and O–H groups in total. The Labute approximate surface area is 206 Å². The summed E-state index contributed by atoms with van der Waals surface area (Å²) in [6.07, 6.45) is 3.47. The van der Waals surface area contributed by atoms with Gasteiger partial charge < -0.3 is 25.4 Å². The number of hydrogen-bond donors (Lipinski definition) is 3. The highest BCUT2D eigenvalue weighted by Gasteiger charge is 2.08. The number of rotatable bonds is 14. The summed E-state index contributed by atoms with van der Waals surface area (Å²) in [5.74, 6) is 1.21. The molecule has 7 nitrogen and oxygen atoms in total. The van der Waals surface area contributed by atoms with E-state index in [0.29, 0.717) is 36.8 Å². The second-order valence-electron chi connectivity index (χ2n) is 7.99. The monoisotopic (exact) mass is 475 g/mol. The first-order chi connectivity index (χ1) is 17.1. The van der Waals surface area contributed by atoms with E-state index in [9.17, 15) is 9.59 Å². The van der Waals surface area contributed by atoms with Gasteiger partial charge in [-0.25, -0.2) is 0 Å². The summed E-state index contributed by atoms with van der Waals surface area (Å²) in [5.41, 5.74) is 2.00. The Morgan fingerprint density at radius 2 is 1.43 bits per heavy atom. The summed E-state index contributed by atoms with van der Waals surface area (Å²) in [4.78, 5) is 24.6. The maximum absolute atomic E-state index is 12.5. The van der Waals surface area contributed by atoms with Gasteiger partial charge in [0.25, 0.3) is 0 Å². The molecule has 3 rings (SSSR count). The molecule has 3 aromatic carbocycles. The van der Waals surface area contributed by atoms with Gasteiger partial charge in [0.1, 0.15) is 24.7 Å². The van der Waals surface area contributed by atoms with Gasteiger partial charge in [-0.2, -0.15) is 0 Å². The average molecular weight is 476 g/mol. The topological polar surface area (TPSA) is 88.7 Å². The van der Waals surface area contributed by atoms with E-state index in [1.807, 2.05) is 54.6 Å². The van der Waals surface area contributed by atoms with Crippen LogP contribution in [0.15, 0.2) is 78.9 Å². The molecule has 0 heterocycles. The Morgan fingerprint density at radius 1 is 0.743 bits per heavy atom. The van der Waals surface area contributed by atoms with Crippen molar-refractivity contribution in [3.63, 3.8) is 0 Å². The van der Waals surface area contributed by atoms with E-state index >= 15 is 0 Å². The van der Waals surface area contributed by atoms with E-state index in [0.717, 1.165) is 30.7 Å². The van der Waals surface area contributed by atoms with Gasteiger partial charge in [0.15, 0.2) is 0 Å². The van der Waals surface area contributed by atoms with Crippen LogP contribution in [0.25, 0.3) is 0 Å². The lowest BCUT2D eigenvalue weighted by atomic mass is 10.2. The van der Waals surface area contributed by atoms with Crippen LogP contribution in [0.3, 0.4) is 0 Å². The molecule has 0 saturated heterocycles. The first-order valence-corrected chi connectivity index (χ1v) is 12.0. The van der Waals surface area contributed by atoms with Crippen molar-refractivity contribution < 1.29 is 19.1 Å². The molecule has 0 aliphatic rings. The maximum Gasteiger partial charge on any atom is 0.243 e. The predicted octanol–water partition coefficient (Wildman–Crippen LogP) is 5.71. The van der Waals surface area contributed by atoms with E-state index < -0.39 is 0 Å². The number of para-hydroxylation sites is 3. The number of carbonyl (C=O) groups is 2. The van der Waals surface area contributed by atoms with E-state index in [2.05, 4.69) is 22.9 Å². The minimum Gasteiger partial charge on any atom is -0.490 e. The van der Waals surface area contributed by atoms with Crippen LogP contribution in [0.2, 0.25) is 0 Å². The molecular formula is C28H33N3O4. The van der Waals surface area contributed by atoms with Crippen LogP contribution in [-0.4, -0.2) is 31.6 Å². The van der Waals surface area contributed by atoms with Crippen molar-refractivity contribution in [1.29, 1.82) is 0 Å². The lowest BCUT2D eigenvalue weighted by Gasteiger charge is -2.14. The number of carbonyl (C=O) groups excluding carboxylic acids is 2. The van der Waals surface area contributed by atoms with Crippen LogP contribution in [0, 0.1) is 0 Å². The molecule has 184 valence electrons.